The maximum atomic E-state index is 10.9. The van der Waals surface area contributed by atoms with Crippen molar-refractivity contribution < 1.29 is 4.92 Å². The molecule has 1 aliphatic heterocycles. The van der Waals surface area contributed by atoms with Crippen LogP contribution >= 0.6 is 0 Å². The van der Waals surface area contributed by atoms with E-state index in [1.165, 1.54) is 6.20 Å². The van der Waals surface area contributed by atoms with Crippen LogP contribution in [0.15, 0.2) is 18.6 Å². The first-order valence-corrected chi connectivity index (χ1v) is 7.74. The molecule has 0 aliphatic carbocycles. The predicted octanol–water partition coefficient (Wildman–Crippen LogP) is 1.80. The molecule has 2 aromatic heterocycles. The summed E-state index contributed by atoms with van der Waals surface area (Å²) in [6.07, 6.45) is 3.72. The van der Waals surface area contributed by atoms with Crippen LogP contribution in [0.5, 0.6) is 0 Å². The number of pyridine rings is 1. The topological polar surface area (TPSA) is 90.0 Å². The monoisotopic (exact) mass is 316 g/mol. The molecule has 0 saturated heterocycles. The van der Waals surface area contributed by atoms with Crippen LogP contribution in [0.1, 0.15) is 30.9 Å². The highest BCUT2D eigenvalue weighted by atomic mass is 16.6. The molecule has 2 aromatic rings. The Hall–Kier alpha value is -2.35. The largest absolute Gasteiger partial charge is 0.291 e. The summed E-state index contributed by atoms with van der Waals surface area (Å²) in [7, 11) is 0. The molecule has 122 valence electrons. The maximum Gasteiger partial charge on any atom is 0.287 e. The first kappa shape index (κ1) is 15.5. The number of fused-ring (bicyclic) bond motifs is 1. The van der Waals surface area contributed by atoms with Crippen LogP contribution in [0.2, 0.25) is 0 Å². The van der Waals surface area contributed by atoms with Gasteiger partial charge in [0.25, 0.3) is 5.69 Å². The minimum absolute atomic E-state index is 0.0496. The molecule has 0 radical (unpaired) electrons. The van der Waals surface area contributed by atoms with Gasteiger partial charge >= 0.3 is 0 Å². The highest BCUT2D eigenvalue weighted by molar-refractivity contribution is 5.35. The van der Waals surface area contributed by atoms with Crippen molar-refractivity contribution in [1.82, 2.24) is 24.6 Å². The molecule has 8 heteroatoms. The zero-order chi connectivity index (χ0) is 16.4. The molecule has 0 atom stereocenters. The third-order valence-electron chi connectivity index (χ3n) is 3.91. The average Bonchev–Trinajstić information content (AvgIpc) is 2.92. The molecule has 0 bridgehead atoms. The normalized spacial score (nSPS) is 14.9. The number of nitrogens with zero attached hydrogens (tertiary/aromatic N) is 6. The standard InChI is InChI=1S/C15H20N6O2/c1-11(2)7-20-15(17-10-18-20)9-19-4-3-14-12(8-19)5-13(6-16-14)21(22)23/h5-6,10-11H,3-4,7-9H2,1-2H3. The SMILES string of the molecule is CC(C)Cn1ncnc1CN1CCc2ncc([N+](=O)[O-])cc2C1. The van der Waals surface area contributed by atoms with E-state index in [9.17, 15) is 10.1 Å². The second-order valence-corrected chi connectivity index (χ2v) is 6.27. The van der Waals surface area contributed by atoms with Gasteiger partial charge in [0, 0.05) is 37.8 Å². The van der Waals surface area contributed by atoms with E-state index in [1.54, 1.807) is 12.4 Å². The molecule has 3 heterocycles. The summed E-state index contributed by atoms with van der Waals surface area (Å²) >= 11 is 0. The highest BCUT2D eigenvalue weighted by Crippen LogP contribution is 2.22. The third kappa shape index (κ3) is 3.53. The van der Waals surface area contributed by atoms with Crippen LogP contribution in [-0.2, 0) is 26.1 Å². The molecule has 1 aliphatic rings. The van der Waals surface area contributed by atoms with E-state index in [1.807, 2.05) is 4.68 Å². The van der Waals surface area contributed by atoms with Crippen molar-refractivity contribution in [2.45, 2.75) is 39.9 Å². The predicted molar refractivity (Wildman–Crippen MR) is 83.6 cm³/mol. The summed E-state index contributed by atoms with van der Waals surface area (Å²) < 4.78 is 1.94. The Morgan fingerprint density at radius 2 is 2.22 bits per heavy atom. The van der Waals surface area contributed by atoms with Crippen LogP contribution < -0.4 is 0 Å². The minimum atomic E-state index is -0.397. The van der Waals surface area contributed by atoms with Gasteiger partial charge in [-0.3, -0.25) is 20.0 Å². The van der Waals surface area contributed by atoms with Gasteiger partial charge in [0.05, 0.1) is 11.5 Å². The molecule has 0 saturated carbocycles. The number of aromatic nitrogens is 4. The van der Waals surface area contributed by atoms with Gasteiger partial charge in [-0.2, -0.15) is 5.10 Å². The number of hydrogen-bond donors (Lipinski definition) is 0. The van der Waals surface area contributed by atoms with Gasteiger partial charge in [0.2, 0.25) is 0 Å². The van der Waals surface area contributed by atoms with Crippen molar-refractivity contribution in [1.29, 1.82) is 0 Å². The van der Waals surface area contributed by atoms with Gasteiger partial charge in [-0.05, 0) is 11.5 Å². The van der Waals surface area contributed by atoms with Gasteiger partial charge < -0.3 is 0 Å². The molecular formula is C15H20N6O2. The lowest BCUT2D eigenvalue weighted by Crippen LogP contribution is -2.32. The zero-order valence-electron chi connectivity index (χ0n) is 13.3. The van der Waals surface area contributed by atoms with Crippen LogP contribution in [0.25, 0.3) is 0 Å². The zero-order valence-corrected chi connectivity index (χ0v) is 13.3. The van der Waals surface area contributed by atoms with E-state index in [2.05, 4.69) is 33.8 Å². The Morgan fingerprint density at radius 3 is 2.96 bits per heavy atom. The Kier molecular flexibility index (Phi) is 4.33. The fourth-order valence-corrected chi connectivity index (χ4v) is 2.82. The molecule has 0 spiro atoms. The molecular weight excluding hydrogens is 296 g/mol. The van der Waals surface area contributed by atoms with Crippen LogP contribution in [0.4, 0.5) is 5.69 Å². The van der Waals surface area contributed by atoms with Gasteiger partial charge in [0.1, 0.15) is 18.3 Å². The summed E-state index contributed by atoms with van der Waals surface area (Å²) in [6.45, 7) is 7.34. The molecule has 23 heavy (non-hydrogen) atoms. The Morgan fingerprint density at radius 1 is 1.39 bits per heavy atom. The van der Waals surface area contributed by atoms with Gasteiger partial charge in [-0.1, -0.05) is 13.8 Å². The van der Waals surface area contributed by atoms with Crippen molar-refractivity contribution in [2.75, 3.05) is 6.54 Å². The first-order valence-electron chi connectivity index (χ1n) is 7.74. The van der Waals surface area contributed by atoms with E-state index in [0.717, 1.165) is 36.6 Å². The smallest absolute Gasteiger partial charge is 0.287 e. The third-order valence-corrected chi connectivity index (χ3v) is 3.91. The second-order valence-electron chi connectivity index (χ2n) is 6.27. The number of hydrogen-bond acceptors (Lipinski definition) is 6. The second kappa shape index (κ2) is 6.41. The summed E-state index contributed by atoms with van der Waals surface area (Å²) in [5.74, 6) is 1.44. The number of rotatable bonds is 5. The minimum Gasteiger partial charge on any atom is -0.291 e. The lowest BCUT2D eigenvalue weighted by molar-refractivity contribution is -0.385. The molecule has 0 N–H and O–H groups in total. The van der Waals surface area contributed by atoms with Crippen molar-refractivity contribution in [3.05, 3.63) is 45.8 Å². The average molecular weight is 316 g/mol. The molecule has 3 rings (SSSR count). The van der Waals surface area contributed by atoms with E-state index in [4.69, 9.17) is 0 Å². The van der Waals surface area contributed by atoms with E-state index in [-0.39, 0.29) is 5.69 Å². The van der Waals surface area contributed by atoms with E-state index < -0.39 is 4.92 Å². The first-order chi connectivity index (χ1) is 11.0. The van der Waals surface area contributed by atoms with Crippen LogP contribution in [0.3, 0.4) is 0 Å². The number of nitro groups is 1. The van der Waals surface area contributed by atoms with Crippen molar-refractivity contribution in [3.8, 4) is 0 Å². The quantitative estimate of drug-likeness (QED) is 0.617. The Bertz CT molecular complexity index is 712. The van der Waals surface area contributed by atoms with Crippen molar-refractivity contribution >= 4 is 5.69 Å². The van der Waals surface area contributed by atoms with Gasteiger partial charge in [-0.15, -0.1) is 0 Å². The molecule has 0 amide bonds. The summed E-state index contributed by atoms with van der Waals surface area (Å²) in [5.41, 5.74) is 1.93. The Labute approximate surface area is 134 Å². The van der Waals surface area contributed by atoms with E-state index >= 15 is 0 Å². The Balaban J connectivity index is 1.73. The fourth-order valence-electron chi connectivity index (χ4n) is 2.82. The van der Waals surface area contributed by atoms with E-state index in [0.29, 0.717) is 19.0 Å². The summed E-state index contributed by atoms with van der Waals surface area (Å²) in [4.78, 5) is 21.3. The van der Waals surface area contributed by atoms with Crippen LogP contribution in [-0.4, -0.2) is 36.1 Å². The summed E-state index contributed by atoms with van der Waals surface area (Å²) in [6, 6.07) is 1.63. The van der Waals surface area contributed by atoms with Crippen molar-refractivity contribution in [2.24, 2.45) is 5.92 Å². The van der Waals surface area contributed by atoms with Crippen molar-refractivity contribution in [3.63, 3.8) is 0 Å². The summed E-state index contributed by atoms with van der Waals surface area (Å²) in [5, 5.41) is 15.2. The lowest BCUT2D eigenvalue weighted by atomic mass is 10.1. The maximum absolute atomic E-state index is 10.9. The molecule has 0 unspecified atom stereocenters. The van der Waals surface area contributed by atoms with Gasteiger partial charge in [-0.25, -0.2) is 9.67 Å². The van der Waals surface area contributed by atoms with Crippen LogP contribution in [0, 0.1) is 16.0 Å². The molecule has 0 aromatic carbocycles. The lowest BCUT2D eigenvalue weighted by Gasteiger charge is -2.27. The van der Waals surface area contributed by atoms with Gasteiger partial charge in [0.15, 0.2) is 0 Å². The fraction of sp³-hybridized carbons (Fsp3) is 0.533. The molecule has 0 fully saturated rings. The highest BCUT2D eigenvalue weighted by Gasteiger charge is 2.21. The molecule has 8 nitrogen and oxygen atoms in total.